The van der Waals surface area contributed by atoms with Gasteiger partial charge >= 0.3 is 0 Å². The molecule has 0 fully saturated rings. The molecule has 0 aromatic heterocycles. The lowest BCUT2D eigenvalue weighted by Gasteiger charge is -2.29. The van der Waals surface area contributed by atoms with Gasteiger partial charge in [-0.1, -0.05) is 37.1 Å². The maximum absolute atomic E-state index is 2.55. The topological polar surface area (TPSA) is 0 Å². The van der Waals surface area contributed by atoms with E-state index < -0.39 is 0 Å². The van der Waals surface area contributed by atoms with Gasteiger partial charge in [0.2, 0.25) is 0 Å². The van der Waals surface area contributed by atoms with Crippen LogP contribution in [0, 0.1) is 11.8 Å². The summed E-state index contributed by atoms with van der Waals surface area (Å²) in [4.78, 5) is 0. The zero-order chi connectivity index (χ0) is 9.26. The van der Waals surface area contributed by atoms with Crippen LogP contribution in [-0.4, -0.2) is 0 Å². The fraction of sp³-hybridized carbons (Fsp3) is 0.692. The van der Waals surface area contributed by atoms with Crippen molar-refractivity contribution in [3.63, 3.8) is 0 Å². The van der Waals surface area contributed by atoms with E-state index in [9.17, 15) is 0 Å². The zero-order valence-electron chi connectivity index (χ0n) is 8.84. The Morgan fingerprint density at radius 2 is 2.15 bits per heavy atom. The average Bonchev–Trinajstić information content (AvgIpc) is 2.17. The first-order chi connectivity index (χ1) is 6.27. The molecule has 0 aliphatic heterocycles. The molecule has 0 aromatic rings. The standard InChI is InChI=1S/C13H20/c1-10(2)12-8-7-11-5-3-4-6-13(11)9-12/h5,9-10,13H,3-4,6-8H2,1-2H3. The molecule has 0 heteroatoms. The van der Waals surface area contributed by atoms with Gasteiger partial charge in [0.1, 0.15) is 0 Å². The van der Waals surface area contributed by atoms with Gasteiger partial charge in [0.25, 0.3) is 0 Å². The quantitative estimate of drug-likeness (QED) is 0.528. The van der Waals surface area contributed by atoms with Crippen molar-refractivity contribution in [2.75, 3.05) is 0 Å². The van der Waals surface area contributed by atoms with Crippen molar-refractivity contribution in [2.24, 2.45) is 11.8 Å². The highest BCUT2D eigenvalue weighted by atomic mass is 14.3. The fourth-order valence-electron chi connectivity index (χ4n) is 2.55. The van der Waals surface area contributed by atoms with Crippen molar-refractivity contribution in [1.82, 2.24) is 0 Å². The Balaban J connectivity index is 2.17. The molecule has 2 rings (SSSR count). The normalized spacial score (nSPS) is 28.1. The van der Waals surface area contributed by atoms with E-state index in [2.05, 4.69) is 26.0 Å². The third-order valence-corrected chi connectivity index (χ3v) is 3.46. The van der Waals surface area contributed by atoms with Crippen LogP contribution in [0.3, 0.4) is 0 Å². The molecule has 13 heavy (non-hydrogen) atoms. The van der Waals surface area contributed by atoms with E-state index in [0.29, 0.717) is 0 Å². The Bertz CT molecular complexity index is 243. The molecule has 1 atom stereocenters. The highest BCUT2D eigenvalue weighted by molar-refractivity contribution is 5.25. The van der Waals surface area contributed by atoms with Crippen molar-refractivity contribution in [2.45, 2.75) is 46.0 Å². The molecule has 0 bridgehead atoms. The van der Waals surface area contributed by atoms with Gasteiger partial charge in [-0.3, -0.25) is 0 Å². The van der Waals surface area contributed by atoms with Crippen LogP contribution in [0.15, 0.2) is 23.3 Å². The minimum absolute atomic E-state index is 0.767. The van der Waals surface area contributed by atoms with Gasteiger partial charge < -0.3 is 0 Å². The van der Waals surface area contributed by atoms with E-state index in [1.807, 2.05) is 0 Å². The molecule has 2 aliphatic carbocycles. The maximum atomic E-state index is 2.55. The van der Waals surface area contributed by atoms with Gasteiger partial charge in [0.05, 0.1) is 0 Å². The highest BCUT2D eigenvalue weighted by Crippen LogP contribution is 2.37. The molecule has 0 aromatic carbocycles. The first-order valence-electron chi connectivity index (χ1n) is 5.67. The number of hydrogen-bond donors (Lipinski definition) is 0. The van der Waals surface area contributed by atoms with Gasteiger partial charge in [-0.05, 0) is 43.9 Å². The summed E-state index contributed by atoms with van der Waals surface area (Å²) in [5.41, 5.74) is 3.43. The summed E-state index contributed by atoms with van der Waals surface area (Å²) in [7, 11) is 0. The zero-order valence-corrected chi connectivity index (χ0v) is 8.84. The summed E-state index contributed by atoms with van der Waals surface area (Å²) in [6, 6.07) is 0. The van der Waals surface area contributed by atoms with Gasteiger partial charge in [0.15, 0.2) is 0 Å². The van der Waals surface area contributed by atoms with Crippen molar-refractivity contribution < 1.29 is 0 Å². The molecular weight excluding hydrogens is 156 g/mol. The second-order valence-electron chi connectivity index (χ2n) is 4.71. The van der Waals surface area contributed by atoms with E-state index in [1.54, 1.807) is 11.1 Å². The van der Waals surface area contributed by atoms with Crippen LogP contribution in [0.4, 0.5) is 0 Å². The molecule has 72 valence electrons. The number of allylic oxidation sites excluding steroid dienone is 4. The molecule has 0 spiro atoms. The van der Waals surface area contributed by atoms with Crippen molar-refractivity contribution in [1.29, 1.82) is 0 Å². The summed E-state index contributed by atoms with van der Waals surface area (Å²) in [5.74, 6) is 1.59. The van der Waals surface area contributed by atoms with Crippen LogP contribution in [0.25, 0.3) is 0 Å². The van der Waals surface area contributed by atoms with Gasteiger partial charge in [-0.15, -0.1) is 0 Å². The third kappa shape index (κ3) is 1.87. The van der Waals surface area contributed by atoms with Crippen LogP contribution in [0.2, 0.25) is 0 Å². The Hall–Kier alpha value is -0.520. The lowest BCUT2D eigenvalue weighted by molar-refractivity contribution is 0.533. The summed E-state index contributed by atoms with van der Waals surface area (Å²) < 4.78 is 0. The van der Waals surface area contributed by atoms with E-state index in [-0.39, 0.29) is 0 Å². The molecule has 0 amide bonds. The average molecular weight is 176 g/mol. The number of rotatable bonds is 1. The van der Waals surface area contributed by atoms with Crippen molar-refractivity contribution in [3.8, 4) is 0 Å². The predicted octanol–water partition coefficient (Wildman–Crippen LogP) is 4.09. The van der Waals surface area contributed by atoms with Crippen LogP contribution in [0.1, 0.15) is 46.0 Å². The predicted molar refractivity (Wildman–Crippen MR) is 57.6 cm³/mol. The van der Waals surface area contributed by atoms with Crippen LogP contribution in [-0.2, 0) is 0 Å². The molecule has 0 N–H and O–H groups in total. The molecule has 0 saturated carbocycles. The number of hydrogen-bond acceptors (Lipinski definition) is 0. The molecule has 0 nitrogen and oxygen atoms in total. The highest BCUT2D eigenvalue weighted by Gasteiger charge is 2.21. The lowest BCUT2D eigenvalue weighted by atomic mass is 9.77. The summed E-state index contributed by atoms with van der Waals surface area (Å²) in [6.07, 6.45) is 11.8. The molecule has 0 heterocycles. The Labute approximate surface area is 81.7 Å². The molecular formula is C13H20. The van der Waals surface area contributed by atoms with Gasteiger partial charge in [-0.25, -0.2) is 0 Å². The van der Waals surface area contributed by atoms with Crippen LogP contribution >= 0.6 is 0 Å². The summed E-state index contributed by atoms with van der Waals surface area (Å²) in [6.45, 7) is 4.65. The van der Waals surface area contributed by atoms with Crippen molar-refractivity contribution in [3.05, 3.63) is 23.3 Å². The van der Waals surface area contributed by atoms with E-state index in [0.717, 1.165) is 11.8 Å². The summed E-state index contributed by atoms with van der Waals surface area (Å²) in [5, 5.41) is 0. The SMILES string of the molecule is CC(C)C1=CC2CCCC=C2CC1. The second kappa shape index (κ2) is 3.69. The molecule has 2 aliphatic rings. The third-order valence-electron chi connectivity index (χ3n) is 3.46. The first-order valence-corrected chi connectivity index (χ1v) is 5.67. The maximum Gasteiger partial charge on any atom is -0.00203 e. The van der Waals surface area contributed by atoms with Crippen molar-refractivity contribution >= 4 is 0 Å². The largest absolute Gasteiger partial charge is 0.0847 e. The van der Waals surface area contributed by atoms with Crippen LogP contribution < -0.4 is 0 Å². The second-order valence-corrected chi connectivity index (χ2v) is 4.71. The smallest absolute Gasteiger partial charge is 0.00203 e. The minimum atomic E-state index is 0.767. The lowest BCUT2D eigenvalue weighted by Crippen LogP contribution is -2.13. The first kappa shape index (κ1) is 9.05. The molecule has 0 radical (unpaired) electrons. The summed E-state index contributed by atoms with van der Waals surface area (Å²) >= 11 is 0. The monoisotopic (exact) mass is 176 g/mol. The minimum Gasteiger partial charge on any atom is -0.0847 e. The Morgan fingerprint density at radius 1 is 1.31 bits per heavy atom. The van der Waals surface area contributed by atoms with E-state index in [4.69, 9.17) is 0 Å². The fourth-order valence-corrected chi connectivity index (χ4v) is 2.55. The van der Waals surface area contributed by atoms with Crippen LogP contribution in [0.5, 0.6) is 0 Å². The Kier molecular flexibility index (Phi) is 2.57. The van der Waals surface area contributed by atoms with E-state index in [1.165, 1.54) is 32.1 Å². The molecule has 0 saturated heterocycles. The molecule has 1 unspecified atom stereocenters. The van der Waals surface area contributed by atoms with Gasteiger partial charge in [0, 0.05) is 0 Å². The number of fused-ring (bicyclic) bond motifs is 1. The van der Waals surface area contributed by atoms with E-state index >= 15 is 0 Å². The van der Waals surface area contributed by atoms with Gasteiger partial charge in [-0.2, -0.15) is 0 Å². The Morgan fingerprint density at radius 3 is 2.92 bits per heavy atom.